The quantitative estimate of drug-likeness (QED) is 0.401. The second-order valence-electron chi connectivity index (χ2n) is 6.91. The van der Waals surface area contributed by atoms with E-state index < -0.39 is 0 Å². The highest BCUT2D eigenvalue weighted by molar-refractivity contribution is 5.80. The van der Waals surface area contributed by atoms with Crippen molar-refractivity contribution in [1.82, 2.24) is 25.8 Å². The molecule has 0 unspecified atom stereocenters. The zero-order valence-corrected chi connectivity index (χ0v) is 16.4. The molecule has 0 spiro atoms. The predicted molar refractivity (Wildman–Crippen MR) is 108 cm³/mol. The van der Waals surface area contributed by atoms with Crippen molar-refractivity contribution >= 4 is 11.9 Å². The number of nitrogens with one attached hydrogen (secondary N) is 3. The Hall–Kier alpha value is -2.90. The average Bonchev–Trinajstić information content (AvgIpc) is 3.27. The molecule has 1 aromatic carbocycles. The standard InChI is InChI=1S/C20H28N6O2/c1-3-28-19(27)15-7-9-17(10-8-15)25-20(21-2)22-12-14-5-4-6-16(11-14)18-23-13-24-26-18/h4-6,11,13,15,17H,3,7-10,12H2,1-2H3,(H2,21,22,25)(H,23,24,26). The van der Waals surface area contributed by atoms with Gasteiger partial charge in [0.25, 0.3) is 0 Å². The molecule has 1 saturated carbocycles. The summed E-state index contributed by atoms with van der Waals surface area (Å²) in [4.78, 5) is 20.4. The topological polar surface area (TPSA) is 104 Å². The van der Waals surface area contributed by atoms with Gasteiger partial charge in [0.05, 0.1) is 12.5 Å². The van der Waals surface area contributed by atoms with Crippen LogP contribution in [0.1, 0.15) is 38.2 Å². The van der Waals surface area contributed by atoms with Crippen molar-refractivity contribution in [2.75, 3.05) is 13.7 Å². The van der Waals surface area contributed by atoms with Crippen LogP contribution in [0.3, 0.4) is 0 Å². The molecule has 0 amide bonds. The van der Waals surface area contributed by atoms with E-state index in [0.717, 1.165) is 48.6 Å². The first-order valence-corrected chi connectivity index (χ1v) is 9.78. The fourth-order valence-corrected chi connectivity index (χ4v) is 3.48. The van der Waals surface area contributed by atoms with Crippen molar-refractivity contribution in [3.05, 3.63) is 36.2 Å². The molecule has 0 radical (unpaired) electrons. The summed E-state index contributed by atoms with van der Waals surface area (Å²) < 4.78 is 5.14. The van der Waals surface area contributed by atoms with E-state index in [4.69, 9.17) is 4.74 Å². The number of rotatable bonds is 6. The number of aliphatic imine (C=N–C) groups is 1. The van der Waals surface area contributed by atoms with Crippen molar-refractivity contribution in [3.8, 4) is 11.4 Å². The van der Waals surface area contributed by atoms with Gasteiger partial charge in [-0.15, -0.1) is 0 Å². The van der Waals surface area contributed by atoms with E-state index >= 15 is 0 Å². The lowest BCUT2D eigenvalue weighted by Gasteiger charge is -2.29. The van der Waals surface area contributed by atoms with Crippen LogP contribution in [-0.2, 0) is 16.1 Å². The second kappa shape index (κ2) is 9.87. The van der Waals surface area contributed by atoms with Gasteiger partial charge < -0.3 is 15.4 Å². The lowest BCUT2D eigenvalue weighted by Crippen LogP contribution is -2.45. The molecule has 0 saturated heterocycles. The largest absolute Gasteiger partial charge is 0.466 e. The maximum atomic E-state index is 11.9. The van der Waals surface area contributed by atoms with E-state index in [-0.39, 0.29) is 11.9 Å². The van der Waals surface area contributed by atoms with Crippen molar-refractivity contribution in [2.24, 2.45) is 10.9 Å². The molecule has 3 rings (SSSR count). The summed E-state index contributed by atoms with van der Waals surface area (Å²) in [5, 5.41) is 13.6. The summed E-state index contributed by atoms with van der Waals surface area (Å²) in [5.41, 5.74) is 2.12. The minimum absolute atomic E-state index is 0.0341. The van der Waals surface area contributed by atoms with Crippen molar-refractivity contribution in [2.45, 2.75) is 45.2 Å². The second-order valence-corrected chi connectivity index (χ2v) is 6.91. The van der Waals surface area contributed by atoms with E-state index in [2.05, 4.69) is 42.9 Å². The van der Waals surface area contributed by atoms with Crippen LogP contribution >= 0.6 is 0 Å². The average molecular weight is 384 g/mol. The van der Waals surface area contributed by atoms with Gasteiger partial charge in [0.15, 0.2) is 11.8 Å². The summed E-state index contributed by atoms with van der Waals surface area (Å²) >= 11 is 0. The molecular weight excluding hydrogens is 356 g/mol. The molecule has 8 nitrogen and oxygen atoms in total. The van der Waals surface area contributed by atoms with Crippen LogP contribution in [0.2, 0.25) is 0 Å². The summed E-state index contributed by atoms with van der Waals surface area (Å²) in [6, 6.07) is 8.45. The summed E-state index contributed by atoms with van der Waals surface area (Å²) in [5.74, 6) is 1.49. The Labute approximate surface area is 165 Å². The zero-order chi connectivity index (χ0) is 19.8. The first-order chi connectivity index (χ1) is 13.7. The number of esters is 1. The third-order valence-corrected chi connectivity index (χ3v) is 4.99. The summed E-state index contributed by atoms with van der Waals surface area (Å²) in [7, 11) is 1.77. The number of carbonyl (C=O) groups is 1. The van der Waals surface area contributed by atoms with Crippen LogP contribution in [0.4, 0.5) is 0 Å². The number of hydrogen-bond acceptors (Lipinski definition) is 5. The highest BCUT2D eigenvalue weighted by Crippen LogP contribution is 2.25. The molecule has 1 heterocycles. The molecule has 1 aliphatic rings. The third kappa shape index (κ3) is 5.31. The van der Waals surface area contributed by atoms with Crippen LogP contribution in [0, 0.1) is 5.92 Å². The third-order valence-electron chi connectivity index (χ3n) is 4.99. The molecule has 28 heavy (non-hydrogen) atoms. The van der Waals surface area contributed by atoms with Crippen LogP contribution in [-0.4, -0.2) is 46.8 Å². The lowest BCUT2D eigenvalue weighted by molar-refractivity contribution is -0.149. The van der Waals surface area contributed by atoms with Gasteiger partial charge >= 0.3 is 5.97 Å². The van der Waals surface area contributed by atoms with E-state index in [1.165, 1.54) is 6.33 Å². The summed E-state index contributed by atoms with van der Waals surface area (Å²) in [6.07, 6.45) is 5.08. The number of H-pyrrole nitrogens is 1. The molecule has 0 aliphatic heterocycles. The number of guanidine groups is 1. The van der Waals surface area contributed by atoms with Gasteiger partial charge in [0.2, 0.25) is 0 Å². The van der Waals surface area contributed by atoms with Gasteiger partial charge in [0.1, 0.15) is 6.33 Å². The Morgan fingerprint density at radius 1 is 1.32 bits per heavy atom. The molecule has 1 aromatic heterocycles. The Balaban J connectivity index is 1.48. The molecule has 2 aromatic rings. The first-order valence-electron chi connectivity index (χ1n) is 9.78. The number of ether oxygens (including phenoxy) is 1. The van der Waals surface area contributed by atoms with E-state index in [1.54, 1.807) is 7.05 Å². The molecule has 150 valence electrons. The van der Waals surface area contributed by atoms with Gasteiger partial charge in [-0.25, -0.2) is 4.98 Å². The highest BCUT2D eigenvalue weighted by atomic mass is 16.5. The Bertz CT molecular complexity index is 782. The SMILES string of the molecule is CCOC(=O)C1CCC(NC(=NC)NCc2cccc(-c3ncn[nH]3)c2)CC1. The molecular formula is C20H28N6O2. The zero-order valence-electron chi connectivity index (χ0n) is 16.4. The number of nitrogens with zero attached hydrogens (tertiary/aromatic N) is 3. The minimum atomic E-state index is -0.0601. The molecule has 1 fully saturated rings. The highest BCUT2D eigenvalue weighted by Gasteiger charge is 2.27. The fourth-order valence-electron chi connectivity index (χ4n) is 3.48. The maximum Gasteiger partial charge on any atom is 0.308 e. The normalized spacial score (nSPS) is 19.9. The van der Waals surface area contributed by atoms with Crippen LogP contribution in [0.25, 0.3) is 11.4 Å². The van der Waals surface area contributed by atoms with E-state index in [0.29, 0.717) is 19.2 Å². The molecule has 0 atom stereocenters. The van der Waals surface area contributed by atoms with Gasteiger partial charge in [-0.05, 0) is 44.2 Å². The predicted octanol–water partition coefficient (Wildman–Crippen LogP) is 2.26. The fraction of sp³-hybridized carbons (Fsp3) is 0.500. The van der Waals surface area contributed by atoms with Gasteiger partial charge in [-0.1, -0.05) is 18.2 Å². The van der Waals surface area contributed by atoms with E-state index in [1.807, 2.05) is 19.1 Å². The van der Waals surface area contributed by atoms with Crippen molar-refractivity contribution in [3.63, 3.8) is 0 Å². The number of hydrogen-bond donors (Lipinski definition) is 3. The van der Waals surface area contributed by atoms with Gasteiger partial charge in [-0.2, -0.15) is 5.10 Å². The van der Waals surface area contributed by atoms with Crippen LogP contribution < -0.4 is 10.6 Å². The maximum absolute atomic E-state index is 11.9. The van der Waals surface area contributed by atoms with Gasteiger partial charge in [0, 0.05) is 25.2 Å². The number of aromatic amines is 1. The van der Waals surface area contributed by atoms with Crippen molar-refractivity contribution < 1.29 is 9.53 Å². The molecule has 3 N–H and O–H groups in total. The molecule has 1 aliphatic carbocycles. The monoisotopic (exact) mass is 384 g/mol. The van der Waals surface area contributed by atoms with Crippen LogP contribution in [0.5, 0.6) is 0 Å². The first kappa shape index (κ1) is 19.9. The lowest BCUT2D eigenvalue weighted by atomic mass is 9.86. The Morgan fingerprint density at radius 2 is 2.14 bits per heavy atom. The summed E-state index contributed by atoms with van der Waals surface area (Å²) in [6.45, 7) is 2.95. The van der Waals surface area contributed by atoms with Crippen molar-refractivity contribution in [1.29, 1.82) is 0 Å². The smallest absolute Gasteiger partial charge is 0.308 e. The number of aromatic nitrogens is 3. The van der Waals surface area contributed by atoms with E-state index in [9.17, 15) is 4.79 Å². The molecule has 0 bridgehead atoms. The minimum Gasteiger partial charge on any atom is -0.466 e. The number of benzene rings is 1. The van der Waals surface area contributed by atoms with Gasteiger partial charge in [-0.3, -0.25) is 14.9 Å². The molecule has 8 heteroatoms. The Morgan fingerprint density at radius 3 is 2.82 bits per heavy atom. The van der Waals surface area contributed by atoms with Crippen LogP contribution in [0.15, 0.2) is 35.6 Å². The Kier molecular flexibility index (Phi) is 7.00. The number of carbonyl (C=O) groups excluding carboxylic acids is 1.